The van der Waals surface area contributed by atoms with Crippen molar-refractivity contribution in [3.8, 4) is 0 Å². The Kier molecular flexibility index (Phi) is 3.13. The van der Waals surface area contributed by atoms with Crippen LogP contribution in [0.4, 0.5) is 0 Å². The first-order valence-corrected chi connectivity index (χ1v) is 3.48. The predicted molar refractivity (Wildman–Crippen MR) is 33.5 cm³/mol. The summed E-state index contributed by atoms with van der Waals surface area (Å²) in [7, 11) is 0. The van der Waals surface area contributed by atoms with E-state index in [1.165, 1.54) is 5.41 Å². The molecule has 0 spiro atoms. The molecule has 0 bridgehead atoms. The average molecular weight is 118 g/mol. The lowest BCUT2D eigenvalue weighted by molar-refractivity contribution is 0.595. The van der Waals surface area contributed by atoms with E-state index in [2.05, 4.69) is 6.58 Å². The molecule has 1 atom stereocenters. The molecule has 0 saturated carbocycles. The summed E-state index contributed by atoms with van der Waals surface area (Å²) in [5, 5.41) is 1.68. The van der Waals surface area contributed by atoms with E-state index < -0.39 is 11.2 Å². The van der Waals surface area contributed by atoms with Gasteiger partial charge in [-0.3, -0.25) is 0 Å². The molecule has 0 aromatic rings. The predicted octanol–water partition coefficient (Wildman–Crippen LogP) is 1.29. The molecule has 1 nitrogen and oxygen atoms in total. The zero-order valence-electron chi connectivity index (χ0n) is 4.68. The maximum Gasteiger partial charge on any atom is 0.115 e. The molecule has 1 unspecified atom stereocenters. The molecular weight excluding hydrogens is 108 g/mol. The molecule has 0 rings (SSSR count). The smallest absolute Gasteiger partial charge is 0.115 e. The minimum Gasteiger partial charge on any atom is -0.612 e. The van der Waals surface area contributed by atoms with Crippen molar-refractivity contribution >= 4 is 11.2 Å². The molecule has 2 heteroatoms. The van der Waals surface area contributed by atoms with Crippen molar-refractivity contribution in [3.05, 3.63) is 12.0 Å². The van der Waals surface area contributed by atoms with Crippen LogP contribution in [-0.4, -0.2) is 9.80 Å². The summed E-state index contributed by atoms with van der Waals surface area (Å²) in [5.41, 5.74) is 0. The highest BCUT2D eigenvalue weighted by atomic mass is 32.2. The summed E-state index contributed by atoms with van der Waals surface area (Å²) in [6.07, 6.45) is 0. The second-order valence-corrected chi connectivity index (χ2v) is 3.48. The molecular formula is C5H10OS. The number of hydrogen-bond donors (Lipinski definition) is 0. The van der Waals surface area contributed by atoms with Crippen LogP contribution < -0.4 is 0 Å². The van der Waals surface area contributed by atoms with Crippen molar-refractivity contribution < 1.29 is 4.55 Å². The Morgan fingerprint density at radius 1 is 1.71 bits per heavy atom. The van der Waals surface area contributed by atoms with E-state index in [0.717, 1.165) is 0 Å². The van der Waals surface area contributed by atoms with Gasteiger partial charge in [0, 0.05) is 0 Å². The molecule has 0 aliphatic rings. The molecule has 0 N–H and O–H groups in total. The molecule has 0 aliphatic heterocycles. The minimum atomic E-state index is -0.815. The van der Waals surface area contributed by atoms with Crippen LogP contribution in [-0.2, 0) is 11.2 Å². The SMILES string of the molecule is C=C[S+]([O-])C(C)C. The largest absolute Gasteiger partial charge is 0.612 e. The topological polar surface area (TPSA) is 23.1 Å². The zero-order valence-corrected chi connectivity index (χ0v) is 5.49. The molecule has 0 radical (unpaired) electrons. The highest BCUT2D eigenvalue weighted by Gasteiger charge is 2.03. The third-order valence-electron chi connectivity index (χ3n) is 0.629. The zero-order chi connectivity index (χ0) is 5.86. The summed E-state index contributed by atoms with van der Waals surface area (Å²) in [4.78, 5) is 0. The monoisotopic (exact) mass is 118 g/mol. The van der Waals surface area contributed by atoms with Crippen LogP contribution in [0, 0.1) is 0 Å². The van der Waals surface area contributed by atoms with Gasteiger partial charge in [-0.05, 0) is 25.0 Å². The van der Waals surface area contributed by atoms with Crippen LogP contribution in [0.3, 0.4) is 0 Å². The fourth-order valence-corrected chi connectivity index (χ4v) is 0.577. The van der Waals surface area contributed by atoms with Crippen molar-refractivity contribution in [1.82, 2.24) is 0 Å². The molecule has 0 amide bonds. The Hall–Kier alpha value is 0.0500. The van der Waals surface area contributed by atoms with E-state index >= 15 is 0 Å². The number of hydrogen-bond acceptors (Lipinski definition) is 1. The fraction of sp³-hybridized carbons (Fsp3) is 0.600. The molecule has 42 valence electrons. The Balaban J connectivity index is 3.33. The highest BCUT2D eigenvalue weighted by molar-refractivity contribution is 7.94. The van der Waals surface area contributed by atoms with Gasteiger partial charge >= 0.3 is 0 Å². The standard InChI is InChI=1S/C5H10OS/c1-4-7(6)5(2)3/h4-5H,1H2,2-3H3. The van der Waals surface area contributed by atoms with E-state index in [1.807, 2.05) is 13.8 Å². The molecule has 7 heavy (non-hydrogen) atoms. The van der Waals surface area contributed by atoms with Crippen LogP contribution in [0.25, 0.3) is 0 Å². The van der Waals surface area contributed by atoms with Crippen LogP contribution in [0.5, 0.6) is 0 Å². The van der Waals surface area contributed by atoms with Crippen molar-refractivity contribution in [2.75, 3.05) is 0 Å². The van der Waals surface area contributed by atoms with Gasteiger partial charge < -0.3 is 4.55 Å². The molecule has 0 heterocycles. The van der Waals surface area contributed by atoms with Crippen molar-refractivity contribution in [3.63, 3.8) is 0 Å². The van der Waals surface area contributed by atoms with Crippen LogP contribution in [0.1, 0.15) is 13.8 Å². The van der Waals surface area contributed by atoms with Crippen molar-refractivity contribution in [2.45, 2.75) is 19.1 Å². The second-order valence-electron chi connectivity index (χ2n) is 1.54. The van der Waals surface area contributed by atoms with E-state index in [0.29, 0.717) is 0 Å². The Labute approximate surface area is 47.6 Å². The van der Waals surface area contributed by atoms with Gasteiger partial charge in [-0.25, -0.2) is 0 Å². The first-order valence-electron chi connectivity index (χ1n) is 2.20. The van der Waals surface area contributed by atoms with Gasteiger partial charge in [-0.2, -0.15) is 0 Å². The van der Waals surface area contributed by atoms with Crippen LogP contribution in [0.2, 0.25) is 0 Å². The Morgan fingerprint density at radius 2 is 2.14 bits per heavy atom. The van der Waals surface area contributed by atoms with Crippen LogP contribution in [0.15, 0.2) is 12.0 Å². The summed E-state index contributed by atoms with van der Waals surface area (Å²) in [6, 6.07) is 0. The second kappa shape index (κ2) is 3.10. The minimum absolute atomic E-state index is 0.220. The van der Waals surface area contributed by atoms with E-state index in [-0.39, 0.29) is 5.25 Å². The van der Waals surface area contributed by atoms with Crippen molar-refractivity contribution in [1.29, 1.82) is 0 Å². The van der Waals surface area contributed by atoms with Gasteiger partial charge in [0.05, 0.1) is 0 Å². The summed E-state index contributed by atoms with van der Waals surface area (Å²) >= 11 is -0.815. The molecule has 0 aliphatic carbocycles. The van der Waals surface area contributed by atoms with Gasteiger partial charge in [-0.1, -0.05) is 6.58 Å². The lowest BCUT2D eigenvalue weighted by atomic mass is 10.6. The van der Waals surface area contributed by atoms with Gasteiger partial charge in [0.15, 0.2) is 0 Å². The highest BCUT2D eigenvalue weighted by Crippen LogP contribution is 1.99. The molecule has 0 fully saturated rings. The molecule has 0 saturated heterocycles. The maximum absolute atomic E-state index is 10.5. The third kappa shape index (κ3) is 2.71. The van der Waals surface area contributed by atoms with E-state index in [1.54, 1.807) is 0 Å². The van der Waals surface area contributed by atoms with E-state index in [4.69, 9.17) is 0 Å². The number of rotatable bonds is 2. The van der Waals surface area contributed by atoms with Crippen LogP contribution >= 0.6 is 0 Å². The summed E-state index contributed by atoms with van der Waals surface area (Å²) < 4.78 is 10.5. The first kappa shape index (κ1) is 7.05. The van der Waals surface area contributed by atoms with Gasteiger partial charge in [-0.15, -0.1) is 0 Å². The fourth-order valence-electron chi connectivity index (χ4n) is 0.192. The third-order valence-corrected chi connectivity index (χ3v) is 1.89. The van der Waals surface area contributed by atoms with Gasteiger partial charge in [0.2, 0.25) is 0 Å². The summed E-state index contributed by atoms with van der Waals surface area (Å²) in [6.45, 7) is 7.18. The van der Waals surface area contributed by atoms with Gasteiger partial charge in [0.1, 0.15) is 10.7 Å². The lowest BCUT2D eigenvalue weighted by Crippen LogP contribution is -2.08. The Bertz CT molecular complexity index is 61.1. The van der Waals surface area contributed by atoms with Gasteiger partial charge in [0.25, 0.3) is 0 Å². The molecule has 0 aromatic heterocycles. The first-order chi connectivity index (χ1) is 3.18. The Morgan fingerprint density at radius 3 is 2.14 bits per heavy atom. The summed E-state index contributed by atoms with van der Waals surface area (Å²) in [5.74, 6) is 0. The van der Waals surface area contributed by atoms with E-state index in [9.17, 15) is 4.55 Å². The molecule has 0 aromatic carbocycles. The quantitative estimate of drug-likeness (QED) is 0.501. The maximum atomic E-state index is 10.5. The average Bonchev–Trinajstić information content (AvgIpc) is 1.65. The van der Waals surface area contributed by atoms with Crippen molar-refractivity contribution in [2.24, 2.45) is 0 Å². The lowest BCUT2D eigenvalue weighted by Gasteiger charge is -2.06. The normalized spacial score (nSPS) is 14.3.